The number of carboxylic acid groups (broad SMARTS) is 1. The zero-order valence-corrected chi connectivity index (χ0v) is 18.3. The van der Waals surface area contributed by atoms with E-state index in [9.17, 15) is 19.5 Å². The molecule has 4 unspecified atom stereocenters. The number of carbonyl (C=O) groups is 3. The number of anilines is 1. The average Bonchev–Trinajstić information content (AvgIpc) is 3.26. The third kappa shape index (κ3) is 3.02. The number of carboxylic acids is 1. The van der Waals surface area contributed by atoms with E-state index in [4.69, 9.17) is 5.26 Å². The Balaban J connectivity index is 1.86. The van der Waals surface area contributed by atoms with Crippen molar-refractivity contribution in [2.75, 3.05) is 4.90 Å². The molecule has 2 aliphatic rings. The van der Waals surface area contributed by atoms with E-state index < -0.39 is 35.3 Å². The molecule has 7 nitrogen and oxygen atoms in total. The predicted octanol–water partition coefficient (Wildman–Crippen LogP) is 2.98. The Kier molecular flexibility index (Phi) is 5.35. The van der Waals surface area contributed by atoms with E-state index in [1.165, 1.54) is 11.8 Å². The highest BCUT2D eigenvalue weighted by Gasteiger charge is 2.67. The van der Waals surface area contributed by atoms with E-state index in [2.05, 4.69) is 11.4 Å². The van der Waals surface area contributed by atoms with Gasteiger partial charge in [-0.05, 0) is 48.6 Å². The number of hydrogen-bond donors (Lipinski definition) is 2. The van der Waals surface area contributed by atoms with E-state index in [-0.39, 0.29) is 5.91 Å². The summed E-state index contributed by atoms with van der Waals surface area (Å²) in [4.78, 5) is 41.0. The van der Waals surface area contributed by atoms with Crippen LogP contribution in [0.2, 0.25) is 0 Å². The van der Waals surface area contributed by atoms with Crippen LogP contribution < -0.4 is 10.2 Å². The number of carbonyl (C=O) groups excluding carboxylic acids is 2. The Bertz CT molecular complexity index is 1130. The van der Waals surface area contributed by atoms with Crippen LogP contribution in [0.3, 0.4) is 0 Å². The second-order valence-corrected chi connectivity index (χ2v) is 8.51. The molecule has 4 atom stereocenters. The summed E-state index contributed by atoms with van der Waals surface area (Å²) in [6.45, 7) is 5.40. The number of imide groups is 1. The molecule has 0 radical (unpaired) electrons. The number of aliphatic carboxylic acids is 1. The molecule has 7 heteroatoms. The van der Waals surface area contributed by atoms with Gasteiger partial charge in [-0.3, -0.25) is 19.7 Å². The number of amides is 2. The highest BCUT2D eigenvalue weighted by Crippen LogP contribution is 2.50. The normalized spacial score (nSPS) is 26.8. The van der Waals surface area contributed by atoms with E-state index in [1.54, 1.807) is 24.3 Å². The van der Waals surface area contributed by atoms with Crippen molar-refractivity contribution in [2.24, 2.45) is 11.8 Å². The fourth-order valence-corrected chi connectivity index (χ4v) is 5.11. The quantitative estimate of drug-likeness (QED) is 0.704. The van der Waals surface area contributed by atoms with Gasteiger partial charge in [-0.15, -0.1) is 0 Å². The van der Waals surface area contributed by atoms with Crippen molar-refractivity contribution in [2.45, 2.75) is 45.2 Å². The highest BCUT2D eigenvalue weighted by atomic mass is 16.4. The van der Waals surface area contributed by atoms with Gasteiger partial charge in [0.05, 0.1) is 29.2 Å². The molecule has 2 fully saturated rings. The van der Waals surface area contributed by atoms with Crippen LogP contribution in [-0.4, -0.2) is 28.4 Å². The molecule has 0 spiro atoms. The molecule has 2 N–H and O–H groups in total. The first-order valence-electron chi connectivity index (χ1n) is 10.8. The molecule has 2 aliphatic heterocycles. The molecule has 2 amide bonds. The highest BCUT2D eigenvalue weighted by molar-refractivity contribution is 6.24. The third-order valence-corrected chi connectivity index (χ3v) is 6.82. The number of aryl methyl sites for hydroxylation is 2. The summed E-state index contributed by atoms with van der Waals surface area (Å²) in [5, 5.41) is 22.2. The molecule has 2 aromatic rings. The van der Waals surface area contributed by atoms with Crippen molar-refractivity contribution < 1.29 is 19.5 Å². The smallest absolute Gasteiger partial charge is 0.324 e. The average molecular weight is 431 g/mol. The van der Waals surface area contributed by atoms with Gasteiger partial charge in [-0.25, -0.2) is 4.90 Å². The van der Waals surface area contributed by atoms with Gasteiger partial charge in [0.2, 0.25) is 11.8 Å². The summed E-state index contributed by atoms with van der Waals surface area (Å²) in [6.07, 6.45) is 1.28. The Morgan fingerprint density at radius 1 is 1.09 bits per heavy atom. The number of nitrogens with zero attached hydrogens (tertiary/aromatic N) is 2. The van der Waals surface area contributed by atoms with Gasteiger partial charge >= 0.3 is 5.97 Å². The minimum Gasteiger partial charge on any atom is -0.480 e. The number of para-hydroxylation sites is 1. The van der Waals surface area contributed by atoms with Crippen LogP contribution >= 0.6 is 0 Å². The maximum absolute atomic E-state index is 13.8. The molecule has 164 valence electrons. The van der Waals surface area contributed by atoms with Crippen molar-refractivity contribution in [1.82, 2.24) is 5.32 Å². The van der Waals surface area contributed by atoms with Crippen LogP contribution in [0.25, 0.3) is 0 Å². The van der Waals surface area contributed by atoms with Crippen LogP contribution in [0.5, 0.6) is 0 Å². The molecule has 0 bridgehead atoms. The monoisotopic (exact) mass is 431 g/mol. The van der Waals surface area contributed by atoms with Crippen molar-refractivity contribution in [3.63, 3.8) is 0 Å². The van der Waals surface area contributed by atoms with E-state index in [0.717, 1.165) is 11.1 Å². The number of rotatable bonds is 5. The lowest BCUT2D eigenvalue weighted by atomic mass is 9.80. The summed E-state index contributed by atoms with van der Waals surface area (Å²) < 4.78 is 0. The summed E-state index contributed by atoms with van der Waals surface area (Å²) in [7, 11) is 0. The van der Waals surface area contributed by atoms with Crippen LogP contribution in [-0.2, 0) is 27.2 Å². The van der Waals surface area contributed by atoms with Crippen molar-refractivity contribution in [3.05, 3.63) is 64.7 Å². The fourth-order valence-electron chi connectivity index (χ4n) is 5.11. The first-order valence-corrected chi connectivity index (χ1v) is 10.8. The van der Waals surface area contributed by atoms with Gasteiger partial charge in [0.1, 0.15) is 5.54 Å². The van der Waals surface area contributed by atoms with E-state index in [1.807, 2.05) is 32.0 Å². The molecule has 0 aromatic heterocycles. The fraction of sp³-hybridized carbons (Fsp3) is 0.360. The molecule has 2 aromatic carbocycles. The maximum Gasteiger partial charge on any atom is 0.324 e. The predicted molar refractivity (Wildman–Crippen MR) is 118 cm³/mol. The first-order chi connectivity index (χ1) is 15.3. The first kappa shape index (κ1) is 21.7. The van der Waals surface area contributed by atoms with Gasteiger partial charge in [0.25, 0.3) is 0 Å². The van der Waals surface area contributed by atoms with E-state index in [0.29, 0.717) is 29.7 Å². The SMILES string of the molecule is CCc1cccc(CC)c1N1C(=O)C2C(c3ccc(C#N)cc3)NC(C)(C(=O)O)C2C1=O. The Morgan fingerprint density at radius 2 is 1.69 bits per heavy atom. The summed E-state index contributed by atoms with van der Waals surface area (Å²) in [6, 6.07) is 13.8. The Hall–Kier alpha value is -3.50. The zero-order chi connectivity index (χ0) is 23.2. The summed E-state index contributed by atoms with van der Waals surface area (Å²) >= 11 is 0. The lowest BCUT2D eigenvalue weighted by Gasteiger charge is -2.29. The number of nitriles is 1. The zero-order valence-electron chi connectivity index (χ0n) is 18.3. The Labute approximate surface area is 186 Å². The van der Waals surface area contributed by atoms with Crippen molar-refractivity contribution >= 4 is 23.5 Å². The van der Waals surface area contributed by atoms with Crippen LogP contribution in [0.4, 0.5) is 5.69 Å². The third-order valence-electron chi connectivity index (χ3n) is 6.82. The van der Waals surface area contributed by atoms with Gasteiger partial charge in [-0.2, -0.15) is 5.26 Å². The van der Waals surface area contributed by atoms with E-state index >= 15 is 0 Å². The van der Waals surface area contributed by atoms with Gasteiger partial charge < -0.3 is 5.11 Å². The molecule has 0 saturated carbocycles. The molecular weight excluding hydrogens is 406 g/mol. The Morgan fingerprint density at radius 3 is 2.19 bits per heavy atom. The van der Waals surface area contributed by atoms with Gasteiger partial charge in [0.15, 0.2) is 0 Å². The number of nitrogens with one attached hydrogen (secondary N) is 1. The van der Waals surface area contributed by atoms with Crippen molar-refractivity contribution in [1.29, 1.82) is 5.26 Å². The van der Waals surface area contributed by atoms with Crippen LogP contribution in [0, 0.1) is 23.2 Å². The minimum absolute atomic E-state index is 0.387. The largest absolute Gasteiger partial charge is 0.480 e. The number of benzene rings is 2. The van der Waals surface area contributed by atoms with Crippen LogP contribution in [0.1, 0.15) is 49.1 Å². The second-order valence-electron chi connectivity index (χ2n) is 8.51. The van der Waals surface area contributed by atoms with Crippen molar-refractivity contribution in [3.8, 4) is 6.07 Å². The number of fused-ring (bicyclic) bond motifs is 1. The molecular formula is C25H25N3O4. The van der Waals surface area contributed by atoms with Gasteiger partial charge in [0, 0.05) is 6.04 Å². The van der Waals surface area contributed by atoms with Gasteiger partial charge in [-0.1, -0.05) is 44.2 Å². The topological polar surface area (TPSA) is 110 Å². The lowest BCUT2D eigenvalue weighted by molar-refractivity contribution is -0.147. The van der Waals surface area contributed by atoms with Crippen LogP contribution in [0.15, 0.2) is 42.5 Å². The molecule has 32 heavy (non-hydrogen) atoms. The molecule has 0 aliphatic carbocycles. The molecule has 2 saturated heterocycles. The molecule has 4 rings (SSSR count). The molecule has 2 heterocycles. The summed E-state index contributed by atoms with van der Waals surface area (Å²) in [5.41, 5.74) is 1.89. The second kappa shape index (κ2) is 7.88. The lowest BCUT2D eigenvalue weighted by Crippen LogP contribution is -2.53. The maximum atomic E-state index is 13.8. The summed E-state index contributed by atoms with van der Waals surface area (Å²) in [5.74, 6) is -3.94. The minimum atomic E-state index is -1.60. The number of hydrogen-bond acceptors (Lipinski definition) is 5. The standard InChI is InChI=1S/C25H25N3O4/c1-4-15-7-6-8-16(5-2)21(15)28-22(29)18-19(23(28)30)25(3,24(31)32)27-20(18)17-11-9-14(13-26)10-12-17/h6-12,18-20,27H,4-5H2,1-3H3,(H,31,32).